The summed E-state index contributed by atoms with van der Waals surface area (Å²) in [6.07, 6.45) is 7.61. The van der Waals surface area contributed by atoms with Gasteiger partial charge in [0, 0.05) is 55.0 Å². The molecule has 0 saturated carbocycles. The van der Waals surface area contributed by atoms with E-state index in [0.717, 1.165) is 48.3 Å². The molecule has 3 heterocycles. The Morgan fingerprint density at radius 2 is 2.04 bits per heavy atom. The molecule has 1 aliphatic rings. The van der Waals surface area contributed by atoms with E-state index in [0.29, 0.717) is 13.0 Å². The summed E-state index contributed by atoms with van der Waals surface area (Å²) in [5, 5.41) is 3.90. The van der Waals surface area contributed by atoms with Crippen molar-refractivity contribution in [2.45, 2.75) is 19.3 Å². The van der Waals surface area contributed by atoms with Gasteiger partial charge in [0.2, 0.25) is 11.9 Å². The van der Waals surface area contributed by atoms with Crippen molar-refractivity contribution < 1.29 is 9.18 Å². The fourth-order valence-electron chi connectivity index (χ4n) is 3.62. The quantitative estimate of drug-likeness (QED) is 0.727. The van der Waals surface area contributed by atoms with Crippen LogP contribution in [0.25, 0.3) is 10.9 Å². The molecule has 27 heavy (non-hydrogen) atoms. The van der Waals surface area contributed by atoms with E-state index in [2.05, 4.69) is 25.2 Å². The van der Waals surface area contributed by atoms with Crippen molar-refractivity contribution in [3.8, 4) is 0 Å². The fourth-order valence-corrected chi connectivity index (χ4v) is 3.62. The predicted octanol–water partition coefficient (Wildman–Crippen LogP) is 2.67. The molecule has 0 radical (unpaired) electrons. The van der Waals surface area contributed by atoms with Crippen LogP contribution in [0.1, 0.15) is 18.4 Å². The van der Waals surface area contributed by atoms with Crippen LogP contribution in [0, 0.1) is 11.7 Å². The van der Waals surface area contributed by atoms with Gasteiger partial charge in [0.25, 0.3) is 0 Å². The number of carbonyl (C=O) groups is 1. The Balaban J connectivity index is 1.27. The maximum atomic E-state index is 13.4. The summed E-state index contributed by atoms with van der Waals surface area (Å²) in [7, 11) is 0. The van der Waals surface area contributed by atoms with E-state index in [9.17, 15) is 9.18 Å². The fraction of sp³-hybridized carbons (Fsp3) is 0.350. The molecular formula is C20H22FN5O. The number of rotatable bonds is 5. The zero-order valence-corrected chi connectivity index (χ0v) is 15.0. The minimum atomic E-state index is -0.249. The Labute approximate surface area is 156 Å². The van der Waals surface area contributed by atoms with E-state index in [-0.39, 0.29) is 17.6 Å². The number of aromatic amines is 1. The summed E-state index contributed by atoms with van der Waals surface area (Å²) in [6.45, 7) is 2.11. The molecule has 3 aromatic rings. The molecule has 2 aromatic heterocycles. The van der Waals surface area contributed by atoms with Crippen LogP contribution in [0.2, 0.25) is 0 Å². The first-order chi connectivity index (χ1) is 13.2. The monoisotopic (exact) mass is 367 g/mol. The van der Waals surface area contributed by atoms with Crippen LogP contribution in [0.5, 0.6) is 0 Å². The van der Waals surface area contributed by atoms with Gasteiger partial charge in [-0.1, -0.05) is 0 Å². The van der Waals surface area contributed by atoms with Gasteiger partial charge in [-0.3, -0.25) is 4.79 Å². The third-order valence-electron chi connectivity index (χ3n) is 5.12. The Bertz CT molecular complexity index is 919. The second kappa shape index (κ2) is 7.73. The second-order valence-corrected chi connectivity index (χ2v) is 6.85. The summed E-state index contributed by atoms with van der Waals surface area (Å²) in [6, 6.07) is 6.50. The number of anilines is 1. The van der Waals surface area contributed by atoms with Crippen LogP contribution >= 0.6 is 0 Å². The Morgan fingerprint density at radius 1 is 1.26 bits per heavy atom. The minimum Gasteiger partial charge on any atom is -0.361 e. The topological polar surface area (TPSA) is 73.9 Å². The molecular weight excluding hydrogens is 345 g/mol. The van der Waals surface area contributed by atoms with Crippen LogP contribution < -0.4 is 10.2 Å². The van der Waals surface area contributed by atoms with Crippen LogP contribution in [0.4, 0.5) is 10.3 Å². The van der Waals surface area contributed by atoms with Crippen LogP contribution in [-0.4, -0.2) is 40.5 Å². The molecule has 6 nitrogen and oxygen atoms in total. The highest BCUT2D eigenvalue weighted by Crippen LogP contribution is 2.21. The number of H-pyrrole nitrogens is 1. The zero-order valence-electron chi connectivity index (χ0n) is 15.0. The van der Waals surface area contributed by atoms with Crippen molar-refractivity contribution in [1.29, 1.82) is 0 Å². The standard InChI is InChI=1S/C20H22FN5O/c21-16-2-3-18-17(12-16)15(13-25-18)4-9-22-19(27)14-5-10-26(11-6-14)20-23-7-1-8-24-20/h1-3,7-8,12-14,25H,4-6,9-11H2,(H,22,27). The van der Waals surface area contributed by atoms with Crippen molar-refractivity contribution in [2.75, 3.05) is 24.5 Å². The number of nitrogens with one attached hydrogen (secondary N) is 2. The summed E-state index contributed by atoms with van der Waals surface area (Å²) in [4.78, 5) is 26.2. The van der Waals surface area contributed by atoms with E-state index >= 15 is 0 Å². The van der Waals surface area contributed by atoms with Gasteiger partial charge in [-0.25, -0.2) is 14.4 Å². The number of piperidine rings is 1. The Kier molecular flexibility index (Phi) is 5.00. The summed E-state index contributed by atoms with van der Waals surface area (Å²) in [5.74, 6) is 0.587. The van der Waals surface area contributed by atoms with Gasteiger partial charge in [-0.05, 0) is 49.1 Å². The lowest BCUT2D eigenvalue weighted by atomic mass is 9.96. The third-order valence-corrected chi connectivity index (χ3v) is 5.12. The highest BCUT2D eigenvalue weighted by Gasteiger charge is 2.25. The van der Waals surface area contributed by atoms with Crippen molar-refractivity contribution in [1.82, 2.24) is 20.3 Å². The summed E-state index contributed by atoms with van der Waals surface area (Å²) < 4.78 is 13.4. The number of carbonyl (C=O) groups excluding carboxylic acids is 1. The molecule has 1 saturated heterocycles. The molecule has 0 spiro atoms. The first kappa shape index (κ1) is 17.5. The molecule has 1 aromatic carbocycles. The van der Waals surface area contributed by atoms with Gasteiger partial charge in [-0.15, -0.1) is 0 Å². The second-order valence-electron chi connectivity index (χ2n) is 6.85. The number of benzene rings is 1. The largest absolute Gasteiger partial charge is 0.361 e. The number of fused-ring (bicyclic) bond motifs is 1. The van der Waals surface area contributed by atoms with E-state index in [1.165, 1.54) is 12.1 Å². The van der Waals surface area contributed by atoms with Crippen molar-refractivity contribution in [2.24, 2.45) is 5.92 Å². The molecule has 2 N–H and O–H groups in total. The third kappa shape index (κ3) is 3.92. The van der Waals surface area contributed by atoms with Gasteiger partial charge in [0.15, 0.2) is 0 Å². The van der Waals surface area contributed by atoms with Gasteiger partial charge in [-0.2, -0.15) is 0 Å². The SMILES string of the molecule is O=C(NCCc1c[nH]c2ccc(F)cc12)C1CCN(c2ncccn2)CC1. The minimum absolute atomic E-state index is 0.0189. The Morgan fingerprint density at radius 3 is 2.81 bits per heavy atom. The van der Waals surface area contributed by atoms with E-state index in [4.69, 9.17) is 0 Å². The lowest BCUT2D eigenvalue weighted by Crippen LogP contribution is -2.41. The molecule has 0 unspecified atom stereocenters. The molecule has 0 atom stereocenters. The van der Waals surface area contributed by atoms with Crippen LogP contribution in [-0.2, 0) is 11.2 Å². The van der Waals surface area contributed by atoms with Crippen molar-refractivity contribution in [3.05, 3.63) is 54.2 Å². The number of halogens is 1. The molecule has 7 heteroatoms. The van der Waals surface area contributed by atoms with Crippen LogP contribution in [0.15, 0.2) is 42.9 Å². The normalized spacial score (nSPS) is 15.2. The smallest absolute Gasteiger partial charge is 0.225 e. The average Bonchev–Trinajstić information content (AvgIpc) is 3.11. The zero-order chi connectivity index (χ0) is 18.6. The number of hydrogen-bond donors (Lipinski definition) is 2. The average molecular weight is 367 g/mol. The van der Waals surface area contributed by atoms with Gasteiger partial charge in [0.05, 0.1) is 0 Å². The van der Waals surface area contributed by atoms with Gasteiger partial charge >= 0.3 is 0 Å². The van der Waals surface area contributed by atoms with E-state index in [1.807, 2.05) is 6.20 Å². The lowest BCUT2D eigenvalue weighted by Gasteiger charge is -2.31. The maximum absolute atomic E-state index is 13.4. The lowest BCUT2D eigenvalue weighted by molar-refractivity contribution is -0.125. The molecule has 1 fully saturated rings. The number of aromatic nitrogens is 3. The first-order valence-corrected chi connectivity index (χ1v) is 9.26. The molecule has 140 valence electrons. The van der Waals surface area contributed by atoms with Gasteiger partial charge in [0.1, 0.15) is 5.82 Å². The van der Waals surface area contributed by atoms with Crippen molar-refractivity contribution >= 4 is 22.8 Å². The molecule has 1 amide bonds. The van der Waals surface area contributed by atoms with E-state index in [1.54, 1.807) is 24.5 Å². The molecule has 0 aliphatic carbocycles. The highest BCUT2D eigenvalue weighted by molar-refractivity contribution is 5.83. The molecule has 1 aliphatic heterocycles. The van der Waals surface area contributed by atoms with Crippen molar-refractivity contribution in [3.63, 3.8) is 0 Å². The predicted molar refractivity (Wildman–Crippen MR) is 102 cm³/mol. The van der Waals surface area contributed by atoms with Gasteiger partial charge < -0.3 is 15.2 Å². The Hall–Kier alpha value is -2.96. The van der Waals surface area contributed by atoms with Crippen LogP contribution in [0.3, 0.4) is 0 Å². The number of nitrogens with zero attached hydrogens (tertiary/aromatic N) is 3. The number of amides is 1. The first-order valence-electron chi connectivity index (χ1n) is 9.26. The highest BCUT2D eigenvalue weighted by atomic mass is 19.1. The molecule has 4 rings (SSSR count). The summed E-state index contributed by atoms with van der Waals surface area (Å²) >= 11 is 0. The van der Waals surface area contributed by atoms with E-state index < -0.39 is 0 Å². The maximum Gasteiger partial charge on any atom is 0.225 e. The summed E-state index contributed by atoms with van der Waals surface area (Å²) in [5.41, 5.74) is 1.93. The number of hydrogen-bond acceptors (Lipinski definition) is 4. The molecule has 0 bridgehead atoms.